The Bertz CT molecular complexity index is 828. The summed E-state index contributed by atoms with van der Waals surface area (Å²) in [6, 6.07) is 5.15. The number of aromatic nitrogens is 2. The van der Waals surface area contributed by atoms with Crippen LogP contribution in [0.4, 0.5) is 4.79 Å². The van der Waals surface area contributed by atoms with Crippen molar-refractivity contribution in [1.82, 2.24) is 24.7 Å². The highest BCUT2D eigenvalue weighted by Gasteiger charge is 2.26. The second kappa shape index (κ2) is 7.00. The quantitative estimate of drug-likeness (QED) is 0.872. The van der Waals surface area contributed by atoms with Crippen molar-refractivity contribution in [2.45, 2.75) is 13.8 Å². The Morgan fingerprint density at radius 2 is 1.60 bits per heavy atom. The molecule has 3 amide bonds. The van der Waals surface area contributed by atoms with Crippen LogP contribution in [0.3, 0.4) is 0 Å². The van der Waals surface area contributed by atoms with Crippen LogP contribution in [0.15, 0.2) is 23.0 Å². The highest BCUT2D eigenvalue weighted by Crippen LogP contribution is 2.14. The molecule has 1 aromatic carbocycles. The fourth-order valence-corrected chi connectivity index (χ4v) is 3.14. The molecule has 8 heteroatoms. The Labute approximate surface area is 145 Å². The van der Waals surface area contributed by atoms with Gasteiger partial charge in [0.2, 0.25) is 0 Å². The van der Waals surface area contributed by atoms with Gasteiger partial charge in [-0.05, 0) is 32.0 Å². The van der Waals surface area contributed by atoms with Gasteiger partial charge in [-0.25, -0.2) is 9.59 Å². The van der Waals surface area contributed by atoms with E-state index in [1.165, 1.54) is 0 Å². The molecule has 0 radical (unpaired) electrons. The van der Waals surface area contributed by atoms with Gasteiger partial charge < -0.3 is 24.7 Å². The molecule has 0 spiro atoms. The minimum absolute atomic E-state index is 0.0309. The van der Waals surface area contributed by atoms with E-state index in [-0.39, 0.29) is 17.6 Å². The number of carbonyl (C=O) groups excluding carboxylic acids is 2. The minimum Gasteiger partial charge on any atom is -0.335 e. The van der Waals surface area contributed by atoms with Gasteiger partial charge in [-0.1, -0.05) is 0 Å². The maximum atomic E-state index is 12.7. The predicted molar refractivity (Wildman–Crippen MR) is 94.7 cm³/mol. The van der Waals surface area contributed by atoms with E-state index in [4.69, 9.17) is 0 Å². The van der Waals surface area contributed by atoms with Crippen LogP contribution in [-0.4, -0.2) is 75.9 Å². The van der Waals surface area contributed by atoms with Gasteiger partial charge in [-0.15, -0.1) is 0 Å². The van der Waals surface area contributed by atoms with Crippen molar-refractivity contribution in [2.24, 2.45) is 0 Å². The number of H-pyrrole nitrogens is 2. The summed E-state index contributed by atoms with van der Waals surface area (Å²) in [6.45, 7) is 7.37. The average molecular weight is 345 g/mol. The maximum Gasteiger partial charge on any atom is 0.323 e. The molecule has 2 heterocycles. The van der Waals surface area contributed by atoms with Crippen LogP contribution in [0.5, 0.6) is 0 Å². The monoisotopic (exact) mass is 345 g/mol. The number of hydrogen-bond donors (Lipinski definition) is 2. The number of urea groups is 1. The molecule has 1 aromatic heterocycles. The number of carbonyl (C=O) groups is 2. The largest absolute Gasteiger partial charge is 0.335 e. The Hall–Kier alpha value is -2.77. The molecule has 2 N–H and O–H groups in total. The van der Waals surface area contributed by atoms with Crippen molar-refractivity contribution in [3.8, 4) is 0 Å². The van der Waals surface area contributed by atoms with Crippen LogP contribution in [0.1, 0.15) is 24.2 Å². The average Bonchev–Trinajstić information content (AvgIpc) is 3.01. The topological polar surface area (TPSA) is 92.5 Å². The number of rotatable bonds is 3. The number of fused-ring (bicyclic) bond motifs is 1. The zero-order chi connectivity index (χ0) is 18.0. The Balaban J connectivity index is 1.66. The van der Waals surface area contributed by atoms with Gasteiger partial charge in [0.1, 0.15) is 0 Å². The molecule has 1 aliphatic heterocycles. The van der Waals surface area contributed by atoms with Gasteiger partial charge >= 0.3 is 11.7 Å². The molecule has 0 bridgehead atoms. The van der Waals surface area contributed by atoms with Gasteiger partial charge in [-0.2, -0.15) is 0 Å². The zero-order valence-electron chi connectivity index (χ0n) is 14.5. The zero-order valence-corrected chi connectivity index (χ0v) is 14.5. The van der Waals surface area contributed by atoms with E-state index in [1.54, 1.807) is 32.9 Å². The standard InChI is InChI=1S/C17H23N5O3/c1-3-20(4-2)17(25)22-9-7-21(8-10-22)15(23)12-5-6-13-14(11-12)19-16(24)18-13/h5-6,11H,3-4,7-10H2,1-2H3,(H2,18,19,24). The number of hydrogen-bond acceptors (Lipinski definition) is 3. The van der Waals surface area contributed by atoms with Crippen LogP contribution in [-0.2, 0) is 0 Å². The number of benzene rings is 1. The molecular weight excluding hydrogens is 322 g/mol. The fraction of sp³-hybridized carbons (Fsp3) is 0.471. The lowest BCUT2D eigenvalue weighted by molar-refractivity contribution is 0.0641. The van der Waals surface area contributed by atoms with Gasteiger partial charge in [0, 0.05) is 44.8 Å². The lowest BCUT2D eigenvalue weighted by Crippen LogP contribution is -2.54. The van der Waals surface area contributed by atoms with E-state index >= 15 is 0 Å². The van der Waals surface area contributed by atoms with Crippen molar-refractivity contribution in [1.29, 1.82) is 0 Å². The number of nitrogens with zero attached hydrogens (tertiary/aromatic N) is 3. The second-order valence-corrected chi connectivity index (χ2v) is 6.07. The van der Waals surface area contributed by atoms with Gasteiger partial charge in [-0.3, -0.25) is 4.79 Å². The number of aromatic amines is 2. The van der Waals surface area contributed by atoms with Crippen molar-refractivity contribution < 1.29 is 9.59 Å². The third-order valence-electron chi connectivity index (χ3n) is 4.63. The lowest BCUT2D eigenvalue weighted by atomic mass is 10.1. The first-order chi connectivity index (χ1) is 12.0. The first-order valence-corrected chi connectivity index (χ1v) is 8.58. The third kappa shape index (κ3) is 3.38. The fourth-order valence-electron chi connectivity index (χ4n) is 3.14. The summed E-state index contributed by atoms with van der Waals surface area (Å²) in [5.74, 6) is -0.0844. The first-order valence-electron chi connectivity index (χ1n) is 8.58. The molecule has 8 nitrogen and oxygen atoms in total. The summed E-state index contributed by atoms with van der Waals surface area (Å²) in [4.78, 5) is 47.0. The maximum absolute atomic E-state index is 12.7. The lowest BCUT2D eigenvalue weighted by Gasteiger charge is -2.37. The highest BCUT2D eigenvalue weighted by molar-refractivity contribution is 5.97. The van der Waals surface area contributed by atoms with Crippen molar-refractivity contribution in [3.05, 3.63) is 34.2 Å². The Kier molecular flexibility index (Phi) is 4.78. The molecule has 0 saturated carbocycles. The SMILES string of the molecule is CCN(CC)C(=O)N1CCN(C(=O)c2ccc3[nH]c(=O)[nH]c3c2)CC1. The van der Waals surface area contributed by atoms with Crippen molar-refractivity contribution in [2.75, 3.05) is 39.3 Å². The first kappa shape index (κ1) is 17.1. The number of nitrogens with one attached hydrogen (secondary N) is 2. The van der Waals surface area contributed by atoms with Crippen LogP contribution in [0.2, 0.25) is 0 Å². The van der Waals surface area contributed by atoms with E-state index < -0.39 is 0 Å². The smallest absolute Gasteiger partial charge is 0.323 e. The molecule has 1 fully saturated rings. The van der Waals surface area contributed by atoms with Crippen molar-refractivity contribution in [3.63, 3.8) is 0 Å². The summed E-state index contributed by atoms with van der Waals surface area (Å²) in [5.41, 5.74) is 1.54. The van der Waals surface area contributed by atoms with E-state index in [0.29, 0.717) is 55.9 Å². The van der Waals surface area contributed by atoms with E-state index in [1.807, 2.05) is 13.8 Å². The third-order valence-corrected chi connectivity index (χ3v) is 4.63. The number of imidazole rings is 1. The molecule has 0 aliphatic carbocycles. The van der Waals surface area contributed by atoms with Gasteiger partial charge in [0.05, 0.1) is 11.0 Å². The van der Waals surface area contributed by atoms with Crippen LogP contribution in [0.25, 0.3) is 11.0 Å². The van der Waals surface area contributed by atoms with Crippen molar-refractivity contribution >= 4 is 23.0 Å². The minimum atomic E-state index is -0.289. The van der Waals surface area contributed by atoms with Crippen LogP contribution in [0, 0.1) is 0 Å². The van der Waals surface area contributed by atoms with E-state index in [2.05, 4.69) is 9.97 Å². The number of piperazine rings is 1. The Morgan fingerprint density at radius 3 is 2.24 bits per heavy atom. The van der Waals surface area contributed by atoms with Gasteiger partial charge in [0.25, 0.3) is 5.91 Å². The molecule has 0 atom stereocenters. The summed E-state index contributed by atoms with van der Waals surface area (Å²) >= 11 is 0. The normalized spacial score (nSPS) is 14.8. The molecule has 134 valence electrons. The molecular formula is C17H23N5O3. The summed E-state index contributed by atoms with van der Waals surface area (Å²) < 4.78 is 0. The molecule has 1 aliphatic rings. The Morgan fingerprint density at radius 1 is 1.00 bits per heavy atom. The van der Waals surface area contributed by atoms with E-state index in [9.17, 15) is 14.4 Å². The van der Waals surface area contributed by atoms with E-state index in [0.717, 1.165) is 0 Å². The molecule has 1 saturated heterocycles. The predicted octanol–water partition coefficient (Wildman–Crippen LogP) is 1.08. The summed E-state index contributed by atoms with van der Waals surface area (Å²) in [6.07, 6.45) is 0. The molecule has 25 heavy (non-hydrogen) atoms. The van der Waals surface area contributed by atoms with Crippen LogP contribution >= 0.6 is 0 Å². The van der Waals surface area contributed by atoms with Gasteiger partial charge in [0.15, 0.2) is 0 Å². The molecule has 3 rings (SSSR count). The summed E-state index contributed by atoms with van der Waals surface area (Å²) in [7, 11) is 0. The molecule has 2 aromatic rings. The highest BCUT2D eigenvalue weighted by atomic mass is 16.2. The summed E-state index contributed by atoms with van der Waals surface area (Å²) in [5, 5.41) is 0. The second-order valence-electron chi connectivity index (χ2n) is 6.07. The number of amides is 3. The molecule has 0 unspecified atom stereocenters. The van der Waals surface area contributed by atoms with Crippen LogP contribution < -0.4 is 5.69 Å².